The third-order valence-electron chi connectivity index (χ3n) is 3.78. The van der Waals surface area contributed by atoms with E-state index in [2.05, 4.69) is 15.9 Å². The molecule has 0 saturated carbocycles. The summed E-state index contributed by atoms with van der Waals surface area (Å²) in [6, 6.07) is 7.69. The maximum Gasteiger partial charge on any atom is 0.246 e. The number of rotatable bonds is 2. The maximum atomic E-state index is 12.6. The van der Waals surface area contributed by atoms with Gasteiger partial charge in [0.2, 0.25) is 5.91 Å². The van der Waals surface area contributed by atoms with Gasteiger partial charge in [-0.2, -0.15) is 0 Å². The Kier molecular flexibility index (Phi) is 4.63. The van der Waals surface area contributed by atoms with Gasteiger partial charge in [-0.25, -0.2) is 0 Å². The summed E-state index contributed by atoms with van der Waals surface area (Å²) >= 11 is 3.40. The number of hydrogen-bond acceptors (Lipinski definition) is 2. The summed E-state index contributed by atoms with van der Waals surface area (Å²) in [5.74, 6) is 0.0386. The number of nitrogens with zero attached hydrogens (tertiary/aromatic N) is 1. The molecule has 1 heterocycles. The van der Waals surface area contributed by atoms with Gasteiger partial charge in [-0.05, 0) is 37.5 Å². The van der Waals surface area contributed by atoms with Gasteiger partial charge in [0.05, 0.1) is 0 Å². The fourth-order valence-electron chi connectivity index (χ4n) is 2.52. The highest BCUT2D eigenvalue weighted by Crippen LogP contribution is 2.24. The van der Waals surface area contributed by atoms with Crippen molar-refractivity contribution in [2.75, 3.05) is 13.1 Å². The van der Waals surface area contributed by atoms with Crippen molar-refractivity contribution in [2.24, 2.45) is 5.73 Å². The van der Waals surface area contributed by atoms with Crippen molar-refractivity contribution in [3.8, 4) is 0 Å². The molecule has 2 rings (SSSR count). The van der Waals surface area contributed by atoms with Gasteiger partial charge in [0, 0.05) is 17.6 Å². The van der Waals surface area contributed by atoms with Gasteiger partial charge in [0.1, 0.15) is 5.54 Å². The van der Waals surface area contributed by atoms with Crippen LogP contribution in [0.2, 0.25) is 0 Å². The van der Waals surface area contributed by atoms with E-state index in [4.69, 9.17) is 5.73 Å². The average molecular weight is 325 g/mol. The van der Waals surface area contributed by atoms with Crippen LogP contribution in [0.4, 0.5) is 0 Å². The molecule has 0 spiro atoms. The molecule has 1 aromatic rings. The van der Waals surface area contributed by atoms with Gasteiger partial charge in [-0.1, -0.05) is 40.9 Å². The number of carbonyl (C=O) groups excluding carboxylic acids is 1. The molecule has 1 unspecified atom stereocenters. The van der Waals surface area contributed by atoms with Crippen LogP contribution in [0, 0.1) is 0 Å². The lowest BCUT2D eigenvalue weighted by molar-refractivity contribution is -0.136. The van der Waals surface area contributed by atoms with E-state index in [1.807, 2.05) is 36.1 Å². The first-order valence-corrected chi connectivity index (χ1v) is 7.65. The highest BCUT2D eigenvalue weighted by Gasteiger charge is 2.34. The highest BCUT2D eigenvalue weighted by molar-refractivity contribution is 9.10. The molecule has 0 radical (unpaired) electrons. The lowest BCUT2D eigenvalue weighted by atomic mass is 9.91. The monoisotopic (exact) mass is 324 g/mol. The molecule has 0 aromatic heterocycles. The molecule has 3 nitrogen and oxygen atoms in total. The standard InChI is InChI=1S/C15H21BrN2O/c1-15(17,12-6-8-13(16)9-7-12)14(19)18-10-4-2-3-5-11-18/h6-9H,2-5,10-11,17H2,1H3. The van der Waals surface area contributed by atoms with E-state index < -0.39 is 5.54 Å². The Balaban J connectivity index is 2.17. The molecule has 4 heteroatoms. The first-order chi connectivity index (χ1) is 9.01. The van der Waals surface area contributed by atoms with E-state index in [-0.39, 0.29) is 5.91 Å². The minimum absolute atomic E-state index is 0.0386. The van der Waals surface area contributed by atoms with Gasteiger partial charge in [-0.3, -0.25) is 4.79 Å². The minimum atomic E-state index is -0.939. The summed E-state index contributed by atoms with van der Waals surface area (Å²) in [7, 11) is 0. The number of halogens is 1. The Morgan fingerprint density at radius 2 is 1.68 bits per heavy atom. The third kappa shape index (κ3) is 3.37. The van der Waals surface area contributed by atoms with Crippen LogP contribution in [-0.2, 0) is 10.3 Å². The van der Waals surface area contributed by atoms with Crippen molar-refractivity contribution in [3.05, 3.63) is 34.3 Å². The van der Waals surface area contributed by atoms with Crippen LogP contribution in [0.5, 0.6) is 0 Å². The van der Waals surface area contributed by atoms with Gasteiger partial charge in [0.25, 0.3) is 0 Å². The summed E-state index contributed by atoms with van der Waals surface area (Å²) in [5, 5.41) is 0. The van der Waals surface area contributed by atoms with E-state index in [0.717, 1.165) is 36.0 Å². The molecule has 0 aliphatic carbocycles. The number of nitrogens with two attached hydrogens (primary N) is 1. The minimum Gasteiger partial charge on any atom is -0.341 e. The fourth-order valence-corrected chi connectivity index (χ4v) is 2.79. The molecule has 1 aliphatic rings. The quantitative estimate of drug-likeness (QED) is 0.908. The molecule has 1 aromatic carbocycles. The van der Waals surface area contributed by atoms with Crippen LogP contribution in [0.15, 0.2) is 28.7 Å². The molecule has 1 fully saturated rings. The van der Waals surface area contributed by atoms with Crippen molar-refractivity contribution >= 4 is 21.8 Å². The Morgan fingerprint density at radius 1 is 1.16 bits per heavy atom. The second kappa shape index (κ2) is 6.06. The predicted octanol–water partition coefficient (Wildman–Crippen LogP) is 3.03. The molecule has 1 saturated heterocycles. The second-order valence-electron chi connectivity index (χ2n) is 5.42. The highest BCUT2D eigenvalue weighted by atomic mass is 79.9. The molecule has 104 valence electrons. The van der Waals surface area contributed by atoms with Gasteiger partial charge < -0.3 is 10.6 Å². The van der Waals surface area contributed by atoms with Gasteiger partial charge in [0.15, 0.2) is 0 Å². The molecule has 19 heavy (non-hydrogen) atoms. The smallest absolute Gasteiger partial charge is 0.246 e. The summed E-state index contributed by atoms with van der Waals surface area (Å²) in [5.41, 5.74) is 6.23. The van der Waals surface area contributed by atoms with Crippen LogP contribution in [-0.4, -0.2) is 23.9 Å². The zero-order chi connectivity index (χ0) is 13.9. The Labute approximate surface area is 123 Å². The fraction of sp³-hybridized carbons (Fsp3) is 0.533. The summed E-state index contributed by atoms with van der Waals surface area (Å²) in [6.45, 7) is 3.48. The van der Waals surface area contributed by atoms with Crippen LogP contribution in [0.3, 0.4) is 0 Å². The predicted molar refractivity (Wildman–Crippen MR) is 80.7 cm³/mol. The van der Waals surface area contributed by atoms with Crippen molar-refractivity contribution in [1.29, 1.82) is 0 Å². The number of likely N-dealkylation sites (tertiary alicyclic amines) is 1. The largest absolute Gasteiger partial charge is 0.341 e. The van der Waals surface area contributed by atoms with E-state index in [1.54, 1.807) is 0 Å². The zero-order valence-electron chi connectivity index (χ0n) is 11.4. The van der Waals surface area contributed by atoms with Crippen LogP contribution >= 0.6 is 15.9 Å². The topological polar surface area (TPSA) is 46.3 Å². The Bertz CT molecular complexity index is 434. The molecule has 1 atom stereocenters. The van der Waals surface area contributed by atoms with Crippen molar-refractivity contribution in [1.82, 2.24) is 4.90 Å². The molecule has 2 N–H and O–H groups in total. The first-order valence-electron chi connectivity index (χ1n) is 6.86. The number of amides is 1. The van der Waals surface area contributed by atoms with Gasteiger partial charge in [-0.15, -0.1) is 0 Å². The van der Waals surface area contributed by atoms with Crippen LogP contribution in [0.1, 0.15) is 38.2 Å². The Morgan fingerprint density at radius 3 is 2.21 bits per heavy atom. The zero-order valence-corrected chi connectivity index (χ0v) is 12.9. The molecule has 1 amide bonds. The number of benzene rings is 1. The van der Waals surface area contributed by atoms with E-state index in [9.17, 15) is 4.79 Å². The lowest BCUT2D eigenvalue weighted by Crippen LogP contribution is -2.51. The maximum absolute atomic E-state index is 12.6. The summed E-state index contributed by atoms with van der Waals surface area (Å²) < 4.78 is 0.995. The van der Waals surface area contributed by atoms with Crippen molar-refractivity contribution in [2.45, 2.75) is 38.1 Å². The molecule has 0 bridgehead atoms. The Hall–Kier alpha value is -0.870. The van der Waals surface area contributed by atoms with Gasteiger partial charge >= 0.3 is 0 Å². The molecule has 1 aliphatic heterocycles. The third-order valence-corrected chi connectivity index (χ3v) is 4.31. The van der Waals surface area contributed by atoms with E-state index in [0.29, 0.717) is 0 Å². The molecular formula is C15H21BrN2O. The summed E-state index contributed by atoms with van der Waals surface area (Å²) in [6.07, 6.45) is 4.59. The normalized spacial score (nSPS) is 19.6. The second-order valence-corrected chi connectivity index (χ2v) is 6.33. The number of carbonyl (C=O) groups is 1. The van der Waals surface area contributed by atoms with Crippen LogP contribution in [0.25, 0.3) is 0 Å². The van der Waals surface area contributed by atoms with Crippen LogP contribution < -0.4 is 5.73 Å². The molecular weight excluding hydrogens is 304 g/mol. The van der Waals surface area contributed by atoms with Crippen molar-refractivity contribution in [3.63, 3.8) is 0 Å². The van der Waals surface area contributed by atoms with E-state index in [1.165, 1.54) is 12.8 Å². The SMILES string of the molecule is CC(N)(C(=O)N1CCCCCC1)c1ccc(Br)cc1. The summed E-state index contributed by atoms with van der Waals surface area (Å²) in [4.78, 5) is 14.6. The van der Waals surface area contributed by atoms with Crippen molar-refractivity contribution < 1.29 is 4.79 Å². The first kappa shape index (κ1) is 14.5. The van der Waals surface area contributed by atoms with E-state index >= 15 is 0 Å². The number of hydrogen-bond donors (Lipinski definition) is 1. The average Bonchev–Trinajstić information content (AvgIpc) is 2.67. The lowest BCUT2D eigenvalue weighted by Gasteiger charge is -2.31.